The van der Waals surface area contributed by atoms with Gasteiger partial charge in [-0.25, -0.2) is 4.79 Å². The van der Waals surface area contributed by atoms with Crippen molar-refractivity contribution in [1.29, 1.82) is 0 Å². The zero-order valence-electron chi connectivity index (χ0n) is 15.4. The number of nitro groups is 1. The normalized spacial score (nSPS) is 12.2. The monoisotopic (exact) mass is 367 g/mol. The molecule has 0 aromatic heterocycles. The average Bonchev–Trinajstić information content (AvgIpc) is 2.55. The molecule has 144 valence electrons. The van der Waals surface area contributed by atoms with Crippen molar-refractivity contribution < 1.29 is 24.0 Å². The predicted molar refractivity (Wildman–Crippen MR) is 94.8 cm³/mol. The molecule has 1 aromatic rings. The zero-order chi connectivity index (χ0) is 19.7. The summed E-state index contributed by atoms with van der Waals surface area (Å²) >= 11 is 0. The molecule has 1 aromatic carbocycles. The average molecular weight is 367 g/mol. The minimum absolute atomic E-state index is 0.0158. The Balaban J connectivity index is 2.53. The largest absolute Gasteiger partial charge is 0.468 e. The highest BCUT2D eigenvalue weighted by Crippen LogP contribution is 2.13. The van der Waals surface area contributed by atoms with E-state index in [-0.39, 0.29) is 12.2 Å². The molecule has 0 aliphatic heterocycles. The number of carbonyl (C=O) groups is 2. The van der Waals surface area contributed by atoms with E-state index in [9.17, 15) is 19.7 Å². The van der Waals surface area contributed by atoms with Gasteiger partial charge in [-0.3, -0.25) is 14.9 Å². The van der Waals surface area contributed by atoms with Gasteiger partial charge < -0.3 is 20.1 Å². The first-order valence-electron chi connectivity index (χ1n) is 8.14. The van der Waals surface area contributed by atoms with Crippen molar-refractivity contribution in [3.05, 3.63) is 39.9 Å². The minimum atomic E-state index is -0.637. The number of nitro benzene ring substituents is 1. The van der Waals surface area contributed by atoms with Gasteiger partial charge in [-0.2, -0.15) is 0 Å². The van der Waals surface area contributed by atoms with Crippen molar-refractivity contribution in [2.75, 3.05) is 20.2 Å². The number of rotatable bonds is 8. The van der Waals surface area contributed by atoms with Crippen molar-refractivity contribution in [2.24, 2.45) is 0 Å². The molecule has 0 aliphatic carbocycles. The molecule has 0 aliphatic rings. The van der Waals surface area contributed by atoms with E-state index in [1.807, 2.05) is 0 Å². The van der Waals surface area contributed by atoms with Crippen LogP contribution in [0.3, 0.4) is 0 Å². The highest BCUT2D eigenvalue weighted by molar-refractivity contribution is 5.76. The van der Waals surface area contributed by atoms with Crippen LogP contribution in [-0.4, -0.2) is 48.8 Å². The van der Waals surface area contributed by atoms with Gasteiger partial charge in [-0.05, 0) is 32.8 Å². The molecule has 9 heteroatoms. The van der Waals surface area contributed by atoms with E-state index in [4.69, 9.17) is 9.47 Å². The highest BCUT2D eigenvalue weighted by Gasteiger charge is 2.20. The smallest absolute Gasteiger partial charge is 0.407 e. The van der Waals surface area contributed by atoms with E-state index in [0.717, 1.165) is 5.56 Å². The van der Waals surface area contributed by atoms with Crippen LogP contribution < -0.4 is 10.6 Å². The van der Waals surface area contributed by atoms with Gasteiger partial charge in [0.15, 0.2) is 0 Å². The van der Waals surface area contributed by atoms with Crippen LogP contribution in [0.5, 0.6) is 0 Å². The molecule has 2 N–H and O–H groups in total. The van der Waals surface area contributed by atoms with Crippen LogP contribution >= 0.6 is 0 Å². The molecule has 0 fully saturated rings. The number of methoxy groups -OCH3 is 1. The Hall–Kier alpha value is -2.68. The van der Waals surface area contributed by atoms with Gasteiger partial charge in [0.2, 0.25) is 0 Å². The maximum Gasteiger partial charge on any atom is 0.407 e. The van der Waals surface area contributed by atoms with Crippen LogP contribution in [0.1, 0.15) is 26.3 Å². The van der Waals surface area contributed by atoms with E-state index in [1.54, 1.807) is 32.9 Å². The fraction of sp³-hybridized carbons (Fsp3) is 0.529. The minimum Gasteiger partial charge on any atom is -0.468 e. The molecule has 0 spiro atoms. The maximum atomic E-state index is 11.9. The lowest BCUT2D eigenvalue weighted by Gasteiger charge is -2.20. The zero-order valence-corrected chi connectivity index (χ0v) is 15.4. The highest BCUT2D eigenvalue weighted by atomic mass is 16.6. The molecular formula is C17H25N3O6. The van der Waals surface area contributed by atoms with Gasteiger partial charge in [0.25, 0.3) is 5.69 Å². The van der Waals surface area contributed by atoms with Crippen molar-refractivity contribution in [3.8, 4) is 0 Å². The molecule has 9 nitrogen and oxygen atoms in total. The second kappa shape index (κ2) is 9.71. The number of non-ortho nitro benzene ring substituents is 1. The first-order chi connectivity index (χ1) is 12.1. The number of benzene rings is 1. The van der Waals surface area contributed by atoms with Crippen LogP contribution in [-0.2, 0) is 20.7 Å². The van der Waals surface area contributed by atoms with Crippen LogP contribution in [0, 0.1) is 10.1 Å². The Labute approximate surface area is 152 Å². The Morgan fingerprint density at radius 3 is 2.31 bits per heavy atom. The summed E-state index contributed by atoms with van der Waals surface area (Å²) in [5.74, 6) is -0.458. The van der Waals surface area contributed by atoms with E-state index in [2.05, 4.69) is 10.6 Å². The molecule has 0 saturated carbocycles. The molecular weight excluding hydrogens is 342 g/mol. The summed E-state index contributed by atoms with van der Waals surface area (Å²) < 4.78 is 9.88. The standard InChI is InChI=1S/C17H25N3O6/c1-17(2,3)26-16(22)19-10-9-18-14(15(21)25-4)11-12-5-7-13(8-6-12)20(23)24/h5-8,14,18H,9-11H2,1-4H3,(H,19,22). The number of nitrogens with zero attached hydrogens (tertiary/aromatic N) is 1. The topological polar surface area (TPSA) is 120 Å². The first-order valence-corrected chi connectivity index (χ1v) is 8.14. The third-order valence-electron chi connectivity index (χ3n) is 3.26. The van der Waals surface area contributed by atoms with E-state index in [0.29, 0.717) is 13.0 Å². The summed E-state index contributed by atoms with van der Waals surface area (Å²) in [6.45, 7) is 5.89. The number of alkyl carbamates (subject to hydrolysis) is 1. The van der Waals surface area contributed by atoms with Gasteiger partial charge in [0, 0.05) is 25.2 Å². The maximum absolute atomic E-state index is 11.9. The number of nitrogens with one attached hydrogen (secondary N) is 2. The Morgan fingerprint density at radius 2 is 1.81 bits per heavy atom. The second-order valence-corrected chi connectivity index (χ2v) is 6.59. The number of hydrogen-bond acceptors (Lipinski definition) is 7. The van der Waals surface area contributed by atoms with Gasteiger partial charge >= 0.3 is 12.1 Å². The van der Waals surface area contributed by atoms with E-state index < -0.39 is 28.6 Å². The van der Waals surface area contributed by atoms with Crippen molar-refractivity contribution in [2.45, 2.75) is 38.8 Å². The van der Waals surface area contributed by atoms with Crippen LogP contribution in [0.2, 0.25) is 0 Å². The van der Waals surface area contributed by atoms with Crippen LogP contribution in [0.25, 0.3) is 0 Å². The number of ether oxygens (including phenoxy) is 2. The van der Waals surface area contributed by atoms with Crippen LogP contribution in [0.4, 0.5) is 10.5 Å². The molecule has 1 rings (SSSR count). The van der Waals surface area contributed by atoms with Crippen molar-refractivity contribution in [1.82, 2.24) is 10.6 Å². The number of hydrogen-bond donors (Lipinski definition) is 2. The molecule has 1 atom stereocenters. The van der Waals surface area contributed by atoms with Crippen LogP contribution in [0.15, 0.2) is 24.3 Å². The summed E-state index contributed by atoms with van der Waals surface area (Å²) in [4.78, 5) is 33.7. The molecule has 0 bridgehead atoms. The molecule has 0 radical (unpaired) electrons. The third-order valence-corrected chi connectivity index (χ3v) is 3.26. The lowest BCUT2D eigenvalue weighted by molar-refractivity contribution is -0.384. The lowest BCUT2D eigenvalue weighted by Crippen LogP contribution is -2.44. The molecule has 0 saturated heterocycles. The summed E-state index contributed by atoms with van der Waals surface area (Å²) in [7, 11) is 1.28. The fourth-order valence-corrected chi connectivity index (χ4v) is 2.10. The predicted octanol–water partition coefficient (Wildman–Crippen LogP) is 1.79. The summed E-state index contributed by atoms with van der Waals surface area (Å²) in [5, 5.41) is 16.3. The van der Waals surface area contributed by atoms with Crippen molar-refractivity contribution in [3.63, 3.8) is 0 Å². The third kappa shape index (κ3) is 7.93. The van der Waals surface area contributed by atoms with E-state index in [1.165, 1.54) is 19.2 Å². The Kier molecular flexibility index (Phi) is 7.98. The van der Waals surface area contributed by atoms with Crippen molar-refractivity contribution >= 4 is 17.7 Å². The molecule has 1 unspecified atom stereocenters. The lowest BCUT2D eigenvalue weighted by atomic mass is 10.1. The fourth-order valence-electron chi connectivity index (χ4n) is 2.10. The van der Waals surface area contributed by atoms with Gasteiger partial charge in [-0.1, -0.05) is 12.1 Å². The Bertz CT molecular complexity index is 624. The molecule has 0 heterocycles. The van der Waals surface area contributed by atoms with Gasteiger partial charge in [0.1, 0.15) is 11.6 Å². The summed E-state index contributed by atoms with van der Waals surface area (Å²) in [6, 6.07) is 5.31. The van der Waals surface area contributed by atoms with Gasteiger partial charge in [0.05, 0.1) is 12.0 Å². The Morgan fingerprint density at radius 1 is 1.19 bits per heavy atom. The van der Waals surface area contributed by atoms with Gasteiger partial charge in [-0.15, -0.1) is 0 Å². The molecule has 26 heavy (non-hydrogen) atoms. The van der Waals surface area contributed by atoms with E-state index >= 15 is 0 Å². The summed E-state index contributed by atoms with van der Waals surface area (Å²) in [6.07, 6.45) is -0.235. The number of esters is 1. The summed E-state index contributed by atoms with van der Waals surface area (Å²) in [5.41, 5.74) is 0.151. The molecule has 1 amide bonds. The number of amides is 1. The number of carbonyl (C=O) groups excluding carboxylic acids is 2. The SMILES string of the molecule is COC(=O)C(Cc1ccc([N+](=O)[O-])cc1)NCCNC(=O)OC(C)(C)C. The first kappa shape index (κ1) is 21.4. The quantitative estimate of drug-likeness (QED) is 0.311. The second-order valence-electron chi connectivity index (χ2n) is 6.59.